The average molecular weight is 287 g/mol. The number of hydrogen-bond acceptors (Lipinski definition) is 5. The van der Waals surface area contributed by atoms with Crippen LogP contribution in [0.4, 0.5) is 0 Å². The molecule has 1 aromatic carbocycles. The van der Waals surface area contributed by atoms with Gasteiger partial charge >= 0.3 is 0 Å². The largest absolute Gasteiger partial charge is 0.493 e. The van der Waals surface area contributed by atoms with Gasteiger partial charge in [0.05, 0.1) is 31.3 Å². The number of rotatable bonds is 6. The molecule has 1 aliphatic rings. The highest BCUT2D eigenvalue weighted by Gasteiger charge is 2.45. The van der Waals surface area contributed by atoms with Gasteiger partial charge in [-0.05, 0) is 25.0 Å². The number of sulfonamides is 1. The number of benzene rings is 1. The predicted molar refractivity (Wildman–Crippen MR) is 68.9 cm³/mol. The lowest BCUT2D eigenvalue weighted by atomic mass is 10.3. The first-order valence-corrected chi connectivity index (χ1v) is 7.31. The zero-order valence-electron chi connectivity index (χ0n) is 10.8. The summed E-state index contributed by atoms with van der Waals surface area (Å²) in [6, 6.07) is 4.37. The minimum absolute atomic E-state index is 0.0878. The van der Waals surface area contributed by atoms with Gasteiger partial charge in [-0.25, -0.2) is 13.1 Å². The lowest BCUT2D eigenvalue weighted by molar-refractivity contribution is 0.246. The number of nitrogens with one attached hydrogen (secondary N) is 1. The second-order valence-corrected chi connectivity index (χ2v) is 6.24. The molecule has 7 heteroatoms. The zero-order chi connectivity index (χ0) is 14.1. The molecule has 6 nitrogen and oxygen atoms in total. The molecule has 2 rings (SSSR count). The van der Waals surface area contributed by atoms with Crippen molar-refractivity contribution in [3.05, 3.63) is 18.2 Å². The van der Waals surface area contributed by atoms with Gasteiger partial charge in [-0.15, -0.1) is 0 Å². The first kappa shape index (κ1) is 14.1. The molecule has 0 bridgehead atoms. The van der Waals surface area contributed by atoms with Crippen LogP contribution in [-0.4, -0.2) is 39.9 Å². The summed E-state index contributed by atoms with van der Waals surface area (Å²) in [5.41, 5.74) is -0.688. The molecule has 0 radical (unpaired) electrons. The van der Waals surface area contributed by atoms with Crippen LogP contribution in [0.2, 0.25) is 0 Å². The summed E-state index contributed by atoms with van der Waals surface area (Å²) in [4.78, 5) is 0.0878. The van der Waals surface area contributed by atoms with Crippen LogP contribution >= 0.6 is 0 Å². The molecular formula is C12H17NO5S. The van der Waals surface area contributed by atoms with Crippen molar-refractivity contribution in [3.63, 3.8) is 0 Å². The highest BCUT2D eigenvalue weighted by Crippen LogP contribution is 2.37. The lowest BCUT2D eigenvalue weighted by Gasteiger charge is -2.15. The van der Waals surface area contributed by atoms with E-state index < -0.39 is 15.6 Å². The maximum Gasteiger partial charge on any atom is 0.241 e. The molecular weight excluding hydrogens is 270 g/mol. The van der Waals surface area contributed by atoms with Gasteiger partial charge in [0.1, 0.15) is 0 Å². The van der Waals surface area contributed by atoms with Gasteiger partial charge in [0, 0.05) is 6.07 Å². The summed E-state index contributed by atoms with van der Waals surface area (Å²) in [5.74, 6) is 0.809. The molecule has 0 atom stereocenters. The van der Waals surface area contributed by atoms with Crippen molar-refractivity contribution in [1.82, 2.24) is 4.72 Å². The Balaban J connectivity index is 2.30. The molecule has 2 N–H and O–H groups in total. The van der Waals surface area contributed by atoms with Crippen molar-refractivity contribution >= 4 is 10.0 Å². The third-order valence-corrected chi connectivity index (χ3v) is 4.75. The van der Waals surface area contributed by atoms with Gasteiger partial charge in [-0.1, -0.05) is 0 Å². The Morgan fingerprint density at radius 1 is 1.26 bits per heavy atom. The fraction of sp³-hybridized carbons (Fsp3) is 0.500. The standard InChI is InChI=1S/C12H17NO5S/c1-17-10-4-3-9(7-11(10)18-2)19(15,16)13-12(8-14)5-6-12/h3-4,7,13-14H,5-6,8H2,1-2H3. The minimum Gasteiger partial charge on any atom is -0.493 e. The first-order valence-electron chi connectivity index (χ1n) is 5.83. The van der Waals surface area contributed by atoms with E-state index in [0.717, 1.165) is 0 Å². The van der Waals surface area contributed by atoms with E-state index in [2.05, 4.69) is 4.72 Å². The van der Waals surface area contributed by atoms with E-state index in [1.54, 1.807) is 0 Å². The summed E-state index contributed by atoms with van der Waals surface area (Å²) in [6.07, 6.45) is 1.30. The summed E-state index contributed by atoms with van der Waals surface area (Å²) < 4.78 is 37.1. The fourth-order valence-electron chi connectivity index (χ4n) is 1.77. The Morgan fingerprint density at radius 3 is 2.37 bits per heavy atom. The van der Waals surface area contributed by atoms with E-state index in [-0.39, 0.29) is 11.5 Å². The number of ether oxygens (including phenoxy) is 2. The maximum atomic E-state index is 12.2. The van der Waals surface area contributed by atoms with Crippen molar-refractivity contribution in [1.29, 1.82) is 0 Å². The monoisotopic (exact) mass is 287 g/mol. The molecule has 0 spiro atoms. The molecule has 1 aromatic rings. The molecule has 0 amide bonds. The van der Waals surface area contributed by atoms with E-state index in [1.807, 2.05) is 0 Å². The third kappa shape index (κ3) is 2.83. The number of hydrogen-bond donors (Lipinski definition) is 2. The van der Waals surface area contributed by atoms with Crippen LogP contribution in [0.25, 0.3) is 0 Å². The SMILES string of the molecule is COc1ccc(S(=O)(=O)NC2(CO)CC2)cc1OC. The molecule has 19 heavy (non-hydrogen) atoms. The smallest absolute Gasteiger partial charge is 0.241 e. The Morgan fingerprint density at radius 2 is 1.89 bits per heavy atom. The van der Waals surface area contributed by atoms with Gasteiger partial charge in [0.25, 0.3) is 0 Å². The van der Waals surface area contributed by atoms with Gasteiger partial charge in [-0.3, -0.25) is 0 Å². The van der Waals surface area contributed by atoms with Gasteiger partial charge in [-0.2, -0.15) is 0 Å². The lowest BCUT2D eigenvalue weighted by Crippen LogP contribution is -2.39. The Bertz CT molecular complexity index is 565. The van der Waals surface area contributed by atoms with Crippen LogP contribution in [0.1, 0.15) is 12.8 Å². The number of aliphatic hydroxyl groups excluding tert-OH is 1. The maximum absolute atomic E-state index is 12.2. The quantitative estimate of drug-likeness (QED) is 0.796. The molecule has 1 aliphatic carbocycles. The second-order valence-electron chi connectivity index (χ2n) is 4.56. The number of methoxy groups -OCH3 is 2. The molecule has 1 saturated carbocycles. The van der Waals surface area contributed by atoms with Crippen LogP contribution in [0.3, 0.4) is 0 Å². The van der Waals surface area contributed by atoms with Gasteiger partial charge < -0.3 is 14.6 Å². The van der Waals surface area contributed by atoms with Crippen molar-refractivity contribution in [2.45, 2.75) is 23.3 Å². The van der Waals surface area contributed by atoms with Crippen LogP contribution < -0.4 is 14.2 Å². The molecule has 0 aliphatic heterocycles. The summed E-state index contributed by atoms with van der Waals surface area (Å²) in [7, 11) is -0.747. The Kier molecular flexibility index (Phi) is 3.71. The summed E-state index contributed by atoms with van der Waals surface area (Å²) in [6.45, 7) is -0.195. The molecule has 0 aromatic heterocycles. The van der Waals surface area contributed by atoms with Crippen molar-refractivity contribution in [3.8, 4) is 11.5 Å². The summed E-state index contributed by atoms with van der Waals surface area (Å²) in [5, 5.41) is 9.18. The van der Waals surface area contributed by atoms with E-state index >= 15 is 0 Å². The van der Waals surface area contributed by atoms with Crippen LogP contribution in [0.15, 0.2) is 23.1 Å². The van der Waals surface area contributed by atoms with Crippen LogP contribution in [0.5, 0.6) is 11.5 Å². The van der Waals surface area contributed by atoms with Crippen LogP contribution in [-0.2, 0) is 10.0 Å². The van der Waals surface area contributed by atoms with Gasteiger partial charge in [0.2, 0.25) is 10.0 Å². The molecule has 0 heterocycles. The zero-order valence-corrected chi connectivity index (χ0v) is 11.7. The predicted octanol–water partition coefficient (Wildman–Crippen LogP) is 0.507. The minimum atomic E-state index is -3.67. The van der Waals surface area contributed by atoms with E-state index in [0.29, 0.717) is 24.3 Å². The van der Waals surface area contributed by atoms with E-state index in [4.69, 9.17) is 9.47 Å². The second kappa shape index (κ2) is 4.99. The average Bonchev–Trinajstić information content (AvgIpc) is 3.17. The van der Waals surface area contributed by atoms with Crippen molar-refractivity contribution < 1.29 is 23.0 Å². The van der Waals surface area contributed by atoms with E-state index in [1.165, 1.54) is 32.4 Å². The highest BCUT2D eigenvalue weighted by molar-refractivity contribution is 7.89. The van der Waals surface area contributed by atoms with Crippen molar-refractivity contribution in [2.75, 3.05) is 20.8 Å². The highest BCUT2D eigenvalue weighted by atomic mass is 32.2. The Hall–Kier alpha value is -1.31. The molecule has 1 fully saturated rings. The molecule has 106 valence electrons. The van der Waals surface area contributed by atoms with E-state index in [9.17, 15) is 13.5 Å². The summed E-state index contributed by atoms with van der Waals surface area (Å²) >= 11 is 0. The molecule has 0 saturated heterocycles. The van der Waals surface area contributed by atoms with Crippen molar-refractivity contribution in [2.24, 2.45) is 0 Å². The topological polar surface area (TPSA) is 84.9 Å². The normalized spacial score (nSPS) is 17.0. The first-order chi connectivity index (χ1) is 8.96. The fourth-order valence-corrected chi connectivity index (χ4v) is 3.24. The van der Waals surface area contributed by atoms with Gasteiger partial charge in [0.15, 0.2) is 11.5 Å². The third-order valence-electron chi connectivity index (χ3n) is 3.17. The Labute approximate surface area is 112 Å². The van der Waals surface area contributed by atoms with Crippen LogP contribution in [0, 0.1) is 0 Å². The number of aliphatic hydroxyl groups is 1. The molecule has 0 unspecified atom stereocenters.